The van der Waals surface area contributed by atoms with E-state index < -0.39 is 0 Å². The van der Waals surface area contributed by atoms with Crippen LogP contribution in [0.15, 0.2) is 0 Å². The minimum absolute atomic E-state index is 0.733. The molecule has 1 N–H and O–H groups in total. The molecular formula is C13H23N. The summed E-state index contributed by atoms with van der Waals surface area (Å²) in [4.78, 5) is 0. The number of rotatable bonds is 4. The van der Waals surface area contributed by atoms with Crippen molar-refractivity contribution >= 4 is 0 Å². The largest absolute Gasteiger partial charge is 0.314 e. The van der Waals surface area contributed by atoms with Crippen LogP contribution >= 0.6 is 0 Å². The van der Waals surface area contributed by atoms with Gasteiger partial charge in [0.2, 0.25) is 0 Å². The van der Waals surface area contributed by atoms with Crippen LogP contribution in [0.5, 0.6) is 0 Å². The second kappa shape index (κ2) is 6.09. The second-order valence-electron chi connectivity index (χ2n) is 4.64. The zero-order valence-corrected chi connectivity index (χ0v) is 9.55. The lowest BCUT2D eigenvalue weighted by molar-refractivity contribution is 0.207. The Labute approximate surface area is 88.7 Å². The molecule has 0 saturated heterocycles. The molecule has 14 heavy (non-hydrogen) atoms. The van der Waals surface area contributed by atoms with Crippen molar-refractivity contribution in [2.45, 2.75) is 52.0 Å². The molecule has 0 amide bonds. The second-order valence-corrected chi connectivity index (χ2v) is 4.64. The molecule has 0 aromatic rings. The maximum absolute atomic E-state index is 5.22. The molecule has 1 heteroatoms. The SMILES string of the molecule is C#CCCCNC1CCCC(C)C1C. The van der Waals surface area contributed by atoms with Crippen molar-refractivity contribution in [3.8, 4) is 12.3 Å². The molecule has 0 heterocycles. The molecule has 1 fully saturated rings. The van der Waals surface area contributed by atoms with Gasteiger partial charge in [-0.1, -0.05) is 26.7 Å². The standard InChI is InChI=1S/C13H23N/c1-4-5-6-10-14-13-9-7-8-11(2)12(13)3/h1,11-14H,5-10H2,2-3H3. The van der Waals surface area contributed by atoms with E-state index in [4.69, 9.17) is 6.42 Å². The van der Waals surface area contributed by atoms with Gasteiger partial charge >= 0.3 is 0 Å². The van der Waals surface area contributed by atoms with Gasteiger partial charge in [0, 0.05) is 12.5 Å². The summed E-state index contributed by atoms with van der Waals surface area (Å²) in [7, 11) is 0. The maximum atomic E-state index is 5.22. The Balaban J connectivity index is 2.19. The van der Waals surface area contributed by atoms with Gasteiger partial charge < -0.3 is 5.32 Å². The minimum Gasteiger partial charge on any atom is -0.314 e. The molecule has 0 bridgehead atoms. The molecule has 0 aromatic heterocycles. The first-order chi connectivity index (χ1) is 6.75. The van der Waals surface area contributed by atoms with Crippen LogP contribution in [0.2, 0.25) is 0 Å². The zero-order valence-electron chi connectivity index (χ0n) is 9.55. The highest BCUT2D eigenvalue weighted by molar-refractivity contribution is 4.85. The Kier molecular flexibility index (Phi) is 5.04. The zero-order chi connectivity index (χ0) is 10.4. The third-order valence-electron chi connectivity index (χ3n) is 3.61. The fraction of sp³-hybridized carbons (Fsp3) is 0.846. The molecule has 80 valence electrons. The smallest absolute Gasteiger partial charge is 0.00981 e. The summed E-state index contributed by atoms with van der Waals surface area (Å²) in [6.07, 6.45) is 11.4. The Morgan fingerprint density at radius 2 is 2.14 bits per heavy atom. The fourth-order valence-electron chi connectivity index (χ4n) is 2.35. The van der Waals surface area contributed by atoms with E-state index in [-0.39, 0.29) is 0 Å². The molecule has 0 spiro atoms. The van der Waals surface area contributed by atoms with Gasteiger partial charge in [-0.05, 0) is 31.2 Å². The Morgan fingerprint density at radius 1 is 1.36 bits per heavy atom. The molecule has 0 aromatic carbocycles. The van der Waals surface area contributed by atoms with Gasteiger partial charge in [0.05, 0.1) is 0 Å². The lowest BCUT2D eigenvalue weighted by Gasteiger charge is -2.34. The monoisotopic (exact) mass is 193 g/mol. The summed E-state index contributed by atoms with van der Waals surface area (Å²) in [5.41, 5.74) is 0. The number of terminal acetylenes is 1. The topological polar surface area (TPSA) is 12.0 Å². The van der Waals surface area contributed by atoms with Gasteiger partial charge in [-0.3, -0.25) is 0 Å². The van der Waals surface area contributed by atoms with E-state index in [9.17, 15) is 0 Å². The van der Waals surface area contributed by atoms with Crippen molar-refractivity contribution < 1.29 is 0 Å². The molecule has 1 rings (SSSR count). The van der Waals surface area contributed by atoms with Crippen molar-refractivity contribution in [3.63, 3.8) is 0 Å². The van der Waals surface area contributed by atoms with Gasteiger partial charge in [-0.2, -0.15) is 0 Å². The summed E-state index contributed by atoms with van der Waals surface area (Å²) >= 11 is 0. The first kappa shape index (κ1) is 11.6. The first-order valence-electron chi connectivity index (χ1n) is 5.92. The summed E-state index contributed by atoms with van der Waals surface area (Å²) in [5.74, 6) is 4.40. The van der Waals surface area contributed by atoms with E-state index in [1.165, 1.54) is 19.3 Å². The number of hydrogen-bond donors (Lipinski definition) is 1. The van der Waals surface area contributed by atoms with Gasteiger partial charge in [-0.15, -0.1) is 12.3 Å². The molecule has 1 nitrogen and oxygen atoms in total. The van der Waals surface area contributed by atoms with Gasteiger partial charge in [0.15, 0.2) is 0 Å². The molecule has 3 unspecified atom stereocenters. The third-order valence-corrected chi connectivity index (χ3v) is 3.61. The van der Waals surface area contributed by atoms with E-state index in [1.807, 2.05) is 0 Å². The fourth-order valence-corrected chi connectivity index (χ4v) is 2.35. The highest BCUT2D eigenvalue weighted by Gasteiger charge is 2.25. The normalized spacial score (nSPS) is 32.5. The summed E-state index contributed by atoms with van der Waals surface area (Å²) < 4.78 is 0. The van der Waals surface area contributed by atoms with Crippen molar-refractivity contribution in [1.29, 1.82) is 0 Å². The molecular weight excluding hydrogens is 170 g/mol. The average molecular weight is 193 g/mol. The molecule has 0 aliphatic heterocycles. The molecule has 0 radical (unpaired) electrons. The van der Waals surface area contributed by atoms with E-state index in [0.29, 0.717) is 0 Å². The molecule has 3 atom stereocenters. The van der Waals surface area contributed by atoms with Crippen molar-refractivity contribution in [3.05, 3.63) is 0 Å². The molecule has 1 saturated carbocycles. The van der Waals surface area contributed by atoms with Crippen LogP contribution in [0.4, 0.5) is 0 Å². The third kappa shape index (κ3) is 3.35. The molecule has 1 aliphatic carbocycles. The number of nitrogens with one attached hydrogen (secondary N) is 1. The van der Waals surface area contributed by atoms with Gasteiger partial charge in [0.1, 0.15) is 0 Å². The van der Waals surface area contributed by atoms with Crippen molar-refractivity contribution in [1.82, 2.24) is 5.32 Å². The molecule has 1 aliphatic rings. The Bertz CT molecular complexity index is 192. The lowest BCUT2D eigenvalue weighted by Crippen LogP contribution is -2.40. The first-order valence-corrected chi connectivity index (χ1v) is 5.92. The van der Waals surface area contributed by atoms with Crippen LogP contribution in [-0.4, -0.2) is 12.6 Å². The van der Waals surface area contributed by atoms with E-state index in [1.54, 1.807) is 0 Å². The highest BCUT2D eigenvalue weighted by Crippen LogP contribution is 2.29. The predicted molar refractivity (Wildman–Crippen MR) is 62.0 cm³/mol. The van der Waals surface area contributed by atoms with Crippen LogP contribution in [0.3, 0.4) is 0 Å². The quantitative estimate of drug-likeness (QED) is 0.535. The van der Waals surface area contributed by atoms with E-state index in [2.05, 4.69) is 25.1 Å². The van der Waals surface area contributed by atoms with Crippen LogP contribution in [0.1, 0.15) is 46.0 Å². The summed E-state index contributed by atoms with van der Waals surface area (Å²) in [6.45, 7) is 5.84. The summed E-state index contributed by atoms with van der Waals surface area (Å²) in [6, 6.07) is 0.733. The predicted octanol–water partition coefficient (Wildman–Crippen LogP) is 2.81. The van der Waals surface area contributed by atoms with Crippen LogP contribution < -0.4 is 5.32 Å². The van der Waals surface area contributed by atoms with Crippen LogP contribution in [0.25, 0.3) is 0 Å². The Hall–Kier alpha value is -0.480. The lowest BCUT2D eigenvalue weighted by atomic mass is 9.78. The van der Waals surface area contributed by atoms with Crippen molar-refractivity contribution in [2.75, 3.05) is 6.54 Å². The summed E-state index contributed by atoms with van der Waals surface area (Å²) in [5, 5.41) is 3.64. The van der Waals surface area contributed by atoms with Gasteiger partial charge in [-0.25, -0.2) is 0 Å². The van der Waals surface area contributed by atoms with Crippen LogP contribution in [0, 0.1) is 24.2 Å². The average Bonchev–Trinajstić information content (AvgIpc) is 2.19. The number of hydrogen-bond acceptors (Lipinski definition) is 1. The highest BCUT2D eigenvalue weighted by atomic mass is 14.9. The van der Waals surface area contributed by atoms with Crippen molar-refractivity contribution in [2.24, 2.45) is 11.8 Å². The van der Waals surface area contributed by atoms with E-state index >= 15 is 0 Å². The minimum atomic E-state index is 0.733. The number of unbranched alkanes of at least 4 members (excludes halogenated alkanes) is 1. The van der Waals surface area contributed by atoms with Gasteiger partial charge in [0.25, 0.3) is 0 Å². The Morgan fingerprint density at radius 3 is 2.86 bits per heavy atom. The van der Waals surface area contributed by atoms with Crippen LogP contribution in [-0.2, 0) is 0 Å². The van der Waals surface area contributed by atoms with E-state index in [0.717, 1.165) is 37.3 Å². The maximum Gasteiger partial charge on any atom is 0.00981 e.